The molecular weight excluding hydrogens is 252 g/mol. The monoisotopic (exact) mass is 268 g/mol. The number of aryl methyl sites for hydroxylation is 1. The molecule has 6 heteroatoms. The second kappa shape index (κ2) is 5.48. The van der Waals surface area contributed by atoms with Gasteiger partial charge in [0.15, 0.2) is 5.13 Å². The van der Waals surface area contributed by atoms with Crippen LogP contribution in [0.5, 0.6) is 0 Å². The Kier molecular flexibility index (Phi) is 3.96. The van der Waals surface area contributed by atoms with Gasteiger partial charge in [0.1, 0.15) is 0 Å². The lowest BCUT2D eigenvalue weighted by atomic mass is 9.81. The highest BCUT2D eigenvalue weighted by Crippen LogP contribution is 2.30. The van der Waals surface area contributed by atoms with Gasteiger partial charge in [-0.1, -0.05) is 6.42 Å². The Morgan fingerprint density at radius 2 is 2.17 bits per heavy atom. The van der Waals surface area contributed by atoms with Crippen LogP contribution in [0, 0.1) is 18.8 Å². The van der Waals surface area contributed by atoms with Crippen molar-refractivity contribution < 1.29 is 14.7 Å². The first-order valence-electron chi connectivity index (χ1n) is 6.02. The van der Waals surface area contributed by atoms with Crippen molar-refractivity contribution in [1.82, 2.24) is 4.98 Å². The van der Waals surface area contributed by atoms with Crippen LogP contribution >= 0.6 is 11.3 Å². The number of rotatable bonds is 3. The number of amides is 1. The predicted molar refractivity (Wildman–Crippen MR) is 68.6 cm³/mol. The zero-order chi connectivity index (χ0) is 13.1. The number of aromatic nitrogens is 1. The van der Waals surface area contributed by atoms with Crippen molar-refractivity contribution >= 4 is 28.3 Å². The van der Waals surface area contributed by atoms with E-state index in [1.807, 2.05) is 12.3 Å². The fourth-order valence-electron chi connectivity index (χ4n) is 2.27. The predicted octanol–water partition coefficient (Wildman–Crippen LogP) is 2.28. The number of carboxylic acid groups (broad SMARTS) is 1. The van der Waals surface area contributed by atoms with Gasteiger partial charge in [0.25, 0.3) is 0 Å². The van der Waals surface area contributed by atoms with Crippen molar-refractivity contribution in [3.05, 3.63) is 11.1 Å². The standard InChI is InChI=1S/C12H16N2O3S/c1-7-6-18-12(13-7)14-10(15)8-3-2-4-9(5-8)11(16)17/h6,8-9H,2-5H2,1H3,(H,16,17)(H,13,14,15). The van der Waals surface area contributed by atoms with Crippen LogP contribution in [0.25, 0.3) is 0 Å². The molecule has 1 amide bonds. The number of carbonyl (C=O) groups is 2. The second-order valence-corrected chi connectivity index (χ2v) is 5.54. The van der Waals surface area contributed by atoms with Crippen LogP contribution in [-0.4, -0.2) is 22.0 Å². The van der Waals surface area contributed by atoms with Gasteiger partial charge < -0.3 is 10.4 Å². The van der Waals surface area contributed by atoms with Crippen molar-refractivity contribution in [2.75, 3.05) is 5.32 Å². The van der Waals surface area contributed by atoms with Crippen LogP contribution in [0.2, 0.25) is 0 Å². The first kappa shape index (κ1) is 13.0. The van der Waals surface area contributed by atoms with Gasteiger partial charge in [-0.2, -0.15) is 0 Å². The van der Waals surface area contributed by atoms with Crippen molar-refractivity contribution in [1.29, 1.82) is 0 Å². The van der Waals surface area contributed by atoms with E-state index in [0.717, 1.165) is 18.5 Å². The maximum atomic E-state index is 12.0. The number of nitrogens with zero attached hydrogens (tertiary/aromatic N) is 1. The maximum Gasteiger partial charge on any atom is 0.306 e. The number of hydrogen-bond acceptors (Lipinski definition) is 4. The van der Waals surface area contributed by atoms with Crippen LogP contribution in [0.3, 0.4) is 0 Å². The number of anilines is 1. The van der Waals surface area contributed by atoms with Crippen LogP contribution in [-0.2, 0) is 9.59 Å². The molecule has 18 heavy (non-hydrogen) atoms. The summed E-state index contributed by atoms with van der Waals surface area (Å²) in [7, 11) is 0. The van der Waals surface area contributed by atoms with Crippen molar-refractivity contribution in [2.45, 2.75) is 32.6 Å². The van der Waals surface area contributed by atoms with Gasteiger partial charge in [-0.15, -0.1) is 11.3 Å². The van der Waals surface area contributed by atoms with E-state index in [1.54, 1.807) is 0 Å². The van der Waals surface area contributed by atoms with Gasteiger partial charge in [0, 0.05) is 11.3 Å². The van der Waals surface area contributed by atoms with E-state index < -0.39 is 5.97 Å². The van der Waals surface area contributed by atoms with Gasteiger partial charge in [0.2, 0.25) is 5.91 Å². The third-order valence-corrected chi connectivity index (χ3v) is 4.12. The molecule has 1 aromatic heterocycles. The summed E-state index contributed by atoms with van der Waals surface area (Å²) in [5.41, 5.74) is 0.877. The molecule has 0 aliphatic heterocycles. The molecule has 1 aromatic rings. The van der Waals surface area contributed by atoms with Gasteiger partial charge in [0.05, 0.1) is 11.6 Å². The highest BCUT2D eigenvalue weighted by atomic mass is 32.1. The molecule has 5 nitrogen and oxygen atoms in total. The molecular formula is C12H16N2O3S. The summed E-state index contributed by atoms with van der Waals surface area (Å²) in [5, 5.41) is 14.2. The number of hydrogen-bond donors (Lipinski definition) is 2. The lowest BCUT2D eigenvalue weighted by Gasteiger charge is -2.25. The third kappa shape index (κ3) is 3.07. The summed E-state index contributed by atoms with van der Waals surface area (Å²) in [6.45, 7) is 1.87. The molecule has 2 unspecified atom stereocenters. The molecule has 2 atom stereocenters. The zero-order valence-corrected chi connectivity index (χ0v) is 11.0. The summed E-state index contributed by atoms with van der Waals surface area (Å²) in [6, 6.07) is 0. The van der Waals surface area contributed by atoms with Crippen LogP contribution in [0.1, 0.15) is 31.4 Å². The fraction of sp³-hybridized carbons (Fsp3) is 0.583. The van der Waals surface area contributed by atoms with Crippen LogP contribution in [0.4, 0.5) is 5.13 Å². The van der Waals surface area contributed by atoms with E-state index in [0.29, 0.717) is 18.0 Å². The Bertz CT molecular complexity index is 458. The Morgan fingerprint density at radius 1 is 1.44 bits per heavy atom. The van der Waals surface area contributed by atoms with E-state index in [1.165, 1.54) is 11.3 Å². The lowest BCUT2D eigenvalue weighted by molar-refractivity contribution is -0.143. The summed E-state index contributed by atoms with van der Waals surface area (Å²) < 4.78 is 0. The molecule has 1 saturated carbocycles. The number of aliphatic carboxylic acids is 1. The fourth-order valence-corrected chi connectivity index (χ4v) is 2.96. The normalized spacial score (nSPS) is 23.6. The average molecular weight is 268 g/mol. The first-order valence-corrected chi connectivity index (χ1v) is 6.90. The molecule has 1 fully saturated rings. The number of carboxylic acids is 1. The second-order valence-electron chi connectivity index (χ2n) is 4.68. The Labute approximate surface area is 109 Å². The van der Waals surface area contributed by atoms with Crippen molar-refractivity contribution in [3.8, 4) is 0 Å². The third-order valence-electron chi connectivity index (χ3n) is 3.24. The van der Waals surface area contributed by atoms with E-state index in [-0.39, 0.29) is 17.7 Å². The van der Waals surface area contributed by atoms with E-state index in [2.05, 4.69) is 10.3 Å². The molecule has 0 bridgehead atoms. The van der Waals surface area contributed by atoms with Crippen molar-refractivity contribution in [2.24, 2.45) is 11.8 Å². The molecule has 2 rings (SSSR count). The van der Waals surface area contributed by atoms with E-state index >= 15 is 0 Å². The average Bonchev–Trinajstić information content (AvgIpc) is 2.75. The van der Waals surface area contributed by atoms with Gasteiger partial charge in [-0.3, -0.25) is 9.59 Å². The molecule has 1 heterocycles. The van der Waals surface area contributed by atoms with Gasteiger partial charge >= 0.3 is 5.97 Å². The summed E-state index contributed by atoms with van der Waals surface area (Å²) in [6.07, 6.45) is 2.67. The minimum atomic E-state index is -0.794. The van der Waals surface area contributed by atoms with Gasteiger partial charge in [-0.05, 0) is 26.2 Å². The highest BCUT2D eigenvalue weighted by Gasteiger charge is 2.31. The van der Waals surface area contributed by atoms with Crippen LogP contribution < -0.4 is 5.32 Å². The van der Waals surface area contributed by atoms with E-state index in [4.69, 9.17) is 5.11 Å². The SMILES string of the molecule is Cc1csc(NC(=O)C2CCCC(C(=O)O)C2)n1. The van der Waals surface area contributed by atoms with Gasteiger partial charge in [-0.25, -0.2) is 4.98 Å². The van der Waals surface area contributed by atoms with E-state index in [9.17, 15) is 9.59 Å². The summed E-state index contributed by atoms with van der Waals surface area (Å²) in [4.78, 5) is 27.1. The minimum absolute atomic E-state index is 0.102. The molecule has 0 spiro atoms. The highest BCUT2D eigenvalue weighted by molar-refractivity contribution is 7.13. The quantitative estimate of drug-likeness (QED) is 0.881. The number of carbonyl (C=O) groups excluding carboxylic acids is 1. The topological polar surface area (TPSA) is 79.3 Å². The molecule has 1 aliphatic carbocycles. The molecule has 2 N–H and O–H groups in total. The molecule has 0 saturated heterocycles. The largest absolute Gasteiger partial charge is 0.481 e. The smallest absolute Gasteiger partial charge is 0.306 e. The molecule has 1 aliphatic rings. The Morgan fingerprint density at radius 3 is 2.78 bits per heavy atom. The van der Waals surface area contributed by atoms with Crippen molar-refractivity contribution in [3.63, 3.8) is 0 Å². The molecule has 0 radical (unpaired) electrons. The zero-order valence-electron chi connectivity index (χ0n) is 10.2. The summed E-state index contributed by atoms with van der Waals surface area (Å²) in [5.74, 6) is -1.48. The first-order chi connectivity index (χ1) is 8.56. The minimum Gasteiger partial charge on any atom is -0.481 e. The summed E-state index contributed by atoms with van der Waals surface area (Å²) >= 11 is 1.39. The lowest BCUT2D eigenvalue weighted by Crippen LogP contribution is -2.30. The van der Waals surface area contributed by atoms with Crippen LogP contribution in [0.15, 0.2) is 5.38 Å². The molecule has 98 valence electrons. The Hall–Kier alpha value is -1.43. The number of nitrogens with one attached hydrogen (secondary N) is 1. The Balaban J connectivity index is 1.94. The maximum absolute atomic E-state index is 12.0. The number of thiazole rings is 1. The molecule has 0 aromatic carbocycles.